The van der Waals surface area contributed by atoms with Crippen LogP contribution in [0, 0.1) is 0 Å². The van der Waals surface area contributed by atoms with Gasteiger partial charge in [0.05, 0.1) is 6.33 Å². The molecule has 2 aromatic carbocycles. The maximum Gasteiger partial charge on any atom is 0.0948 e. The molecular formula is C21H20N2S. The van der Waals surface area contributed by atoms with Crippen molar-refractivity contribution >= 4 is 22.1 Å². The van der Waals surface area contributed by atoms with Gasteiger partial charge in [0.2, 0.25) is 0 Å². The molecule has 2 heterocycles. The highest BCUT2D eigenvalue weighted by Gasteiger charge is 2.10. The molecule has 0 aliphatic carbocycles. The number of rotatable bonds is 5. The second-order valence-corrected chi connectivity index (χ2v) is 7.33. The monoisotopic (exact) mass is 332 g/mol. The van der Waals surface area contributed by atoms with Crippen LogP contribution in [0.2, 0.25) is 0 Å². The second-order valence-electron chi connectivity index (χ2n) is 6.30. The summed E-state index contributed by atoms with van der Waals surface area (Å²) in [4.78, 5) is 5.58. The molecule has 0 spiro atoms. The molecule has 0 saturated carbocycles. The van der Waals surface area contributed by atoms with Crippen LogP contribution in [0.1, 0.15) is 29.0 Å². The first-order valence-electron chi connectivity index (χ1n) is 8.30. The van der Waals surface area contributed by atoms with Gasteiger partial charge in [0.15, 0.2) is 0 Å². The van der Waals surface area contributed by atoms with Gasteiger partial charge < -0.3 is 4.57 Å². The molecule has 0 radical (unpaired) electrons. The van der Waals surface area contributed by atoms with Crippen LogP contribution in [-0.2, 0) is 12.8 Å². The Hall–Kier alpha value is -2.39. The summed E-state index contributed by atoms with van der Waals surface area (Å²) in [6.45, 7) is 2.25. The smallest absolute Gasteiger partial charge is 0.0948 e. The molecule has 0 bridgehead atoms. The Kier molecular flexibility index (Phi) is 4.18. The van der Waals surface area contributed by atoms with Gasteiger partial charge in [-0.3, -0.25) is 0 Å². The molecule has 0 amide bonds. The minimum atomic E-state index is 0.406. The van der Waals surface area contributed by atoms with Gasteiger partial charge >= 0.3 is 0 Å². The zero-order valence-corrected chi connectivity index (χ0v) is 14.5. The highest BCUT2D eigenvalue weighted by atomic mass is 32.1. The van der Waals surface area contributed by atoms with E-state index in [-0.39, 0.29) is 0 Å². The van der Waals surface area contributed by atoms with Crippen molar-refractivity contribution in [1.29, 1.82) is 0 Å². The van der Waals surface area contributed by atoms with Gasteiger partial charge in [0.25, 0.3) is 0 Å². The molecule has 120 valence electrons. The number of benzene rings is 2. The van der Waals surface area contributed by atoms with E-state index < -0.39 is 0 Å². The Labute approximate surface area is 146 Å². The van der Waals surface area contributed by atoms with E-state index >= 15 is 0 Å². The molecule has 0 N–H and O–H groups in total. The molecule has 0 fully saturated rings. The van der Waals surface area contributed by atoms with E-state index in [1.165, 1.54) is 26.8 Å². The third-order valence-corrected chi connectivity index (χ3v) is 5.39. The third-order valence-electron chi connectivity index (χ3n) is 4.52. The van der Waals surface area contributed by atoms with Gasteiger partial charge in [-0.15, -0.1) is 11.3 Å². The zero-order chi connectivity index (χ0) is 16.4. The number of thiophene rings is 1. The average molecular weight is 332 g/mol. The largest absolute Gasteiger partial charge is 0.334 e. The average Bonchev–Trinajstić information content (AvgIpc) is 3.28. The van der Waals surface area contributed by atoms with Crippen molar-refractivity contribution in [3.63, 3.8) is 0 Å². The van der Waals surface area contributed by atoms with Crippen LogP contribution in [0.25, 0.3) is 10.8 Å². The van der Waals surface area contributed by atoms with Crippen molar-refractivity contribution in [2.45, 2.75) is 25.8 Å². The molecule has 1 unspecified atom stereocenters. The van der Waals surface area contributed by atoms with Crippen molar-refractivity contribution in [2.75, 3.05) is 0 Å². The fourth-order valence-corrected chi connectivity index (χ4v) is 4.03. The topological polar surface area (TPSA) is 17.8 Å². The summed E-state index contributed by atoms with van der Waals surface area (Å²) in [5, 5.41) is 4.85. The van der Waals surface area contributed by atoms with Crippen LogP contribution >= 0.6 is 11.3 Å². The lowest BCUT2D eigenvalue weighted by molar-refractivity contribution is 0.544. The third kappa shape index (κ3) is 3.13. The van der Waals surface area contributed by atoms with Gasteiger partial charge in [0.1, 0.15) is 0 Å². The highest BCUT2D eigenvalue weighted by Crippen LogP contribution is 2.27. The minimum absolute atomic E-state index is 0.406. The van der Waals surface area contributed by atoms with Crippen LogP contribution in [0.4, 0.5) is 0 Å². The lowest BCUT2D eigenvalue weighted by Crippen LogP contribution is -2.06. The Morgan fingerprint density at radius 2 is 2.04 bits per heavy atom. The predicted octanol–water partition coefficient (Wildman–Crippen LogP) is 5.49. The Balaban J connectivity index is 1.71. The molecule has 24 heavy (non-hydrogen) atoms. The summed E-state index contributed by atoms with van der Waals surface area (Å²) in [6, 6.07) is 18.2. The van der Waals surface area contributed by atoms with Gasteiger partial charge in [0, 0.05) is 29.7 Å². The zero-order valence-electron chi connectivity index (χ0n) is 13.7. The van der Waals surface area contributed by atoms with Crippen molar-refractivity contribution < 1.29 is 0 Å². The van der Waals surface area contributed by atoms with E-state index in [4.69, 9.17) is 0 Å². The van der Waals surface area contributed by atoms with E-state index in [9.17, 15) is 0 Å². The lowest BCUT2D eigenvalue weighted by Gasteiger charge is -2.15. The number of nitrogens with zero attached hydrogens (tertiary/aromatic N) is 2. The van der Waals surface area contributed by atoms with Gasteiger partial charge in [-0.25, -0.2) is 4.98 Å². The van der Waals surface area contributed by atoms with Gasteiger partial charge in [-0.2, -0.15) is 0 Å². The fraction of sp³-hybridized carbons (Fsp3) is 0.190. The van der Waals surface area contributed by atoms with Crippen LogP contribution in [0.5, 0.6) is 0 Å². The lowest BCUT2D eigenvalue weighted by atomic mass is 9.95. The Morgan fingerprint density at radius 3 is 2.83 bits per heavy atom. The fourth-order valence-electron chi connectivity index (χ4n) is 3.30. The number of hydrogen-bond acceptors (Lipinski definition) is 2. The van der Waals surface area contributed by atoms with Crippen molar-refractivity contribution in [1.82, 2.24) is 9.55 Å². The second kappa shape index (κ2) is 6.62. The summed E-state index contributed by atoms with van der Waals surface area (Å²) in [7, 11) is 0. The van der Waals surface area contributed by atoms with Crippen molar-refractivity contribution in [2.24, 2.45) is 0 Å². The number of aromatic nitrogens is 2. The highest BCUT2D eigenvalue weighted by molar-refractivity contribution is 7.09. The first kappa shape index (κ1) is 15.2. The molecule has 3 heteroatoms. The Morgan fingerprint density at radius 1 is 1.12 bits per heavy atom. The van der Waals surface area contributed by atoms with E-state index in [0.717, 1.165) is 12.8 Å². The van der Waals surface area contributed by atoms with Gasteiger partial charge in [-0.05, 0) is 46.7 Å². The minimum Gasteiger partial charge on any atom is -0.334 e. The molecule has 2 nitrogen and oxygen atoms in total. The summed E-state index contributed by atoms with van der Waals surface area (Å²) in [6.07, 6.45) is 7.81. The molecule has 0 saturated heterocycles. The molecular weight excluding hydrogens is 312 g/mol. The van der Waals surface area contributed by atoms with Gasteiger partial charge in [-0.1, -0.05) is 42.5 Å². The molecule has 4 rings (SSSR count). The molecule has 0 aliphatic rings. The van der Waals surface area contributed by atoms with Crippen LogP contribution in [0.3, 0.4) is 0 Å². The maximum absolute atomic E-state index is 4.17. The molecule has 2 aromatic heterocycles. The van der Waals surface area contributed by atoms with E-state index in [1.807, 2.05) is 30.1 Å². The molecule has 0 aliphatic heterocycles. The van der Waals surface area contributed by atoms with E-state index in [0.29, 0.717) is 6.04 Å². The number of imidazole rings is 1. The number of fused-ring (bicyclic) bond motifs is 1. The normalized spacial score (nSPS) is 12.5. The van der Waals surface area contributed by atoms with Crippen molar-refractivity contribution in [3.05, 3.63) is 88.6 Å². The summed E-state index contributed by atoms with van der Waals surface area (Å²) < 4.78 is 2.17. The summed E-state index contributed by atoms with van der Waals surface area (Å²) in [5.74, 6) is 0. The molecule has 4 aromatic rings. The number of hydrogen-bond donors (Lipinski definition) is 0. The summed E-state index contributed by atoms with van der Waals surface area (Å²) >= 11 is 1.83. The summed E-state index contributed by atoms with van der Waals surface area (Å²) in [5.41, 5.74) is 2.81. The molecule has 1 atom stereocenters. The van der Waals surface area contributed by atoms with Crippen LogP contribution < -0.4 is 0 Å². The SMILES string of the molecule is CC(Cc1cc(Cc2cccs2)c2ccccc2c1)n1ccnc1. The first-order valence-corrected chi connectivity index (χ1v) is 9.18. The van der Waals surface area contributed by atoms with E-state index in [2.05, 4.69) is 70.4 Å². The van der Waals surface area contributed by atoms with Crippen LogP contribution in [0.15, 0.2) is 72.6 Å². The van der Waals surface area contributed by atoms with Crippen LogP contribution in [-0.4, -0.2) is 9.55 Å². The van der Waals surface area contributed by atoms with E-state index in [1.54, 1.807) is 0 Å². The standard InChI is InChI=1S/C21H20N2S/c1-16(23-9-8-22-15-23)11-17-12-18-5-2-3-7-21(18)19(13-17)14-20-6-4-10-24-20/h2-10,12-13,15-16H,11,14H2,1H3. The van der Waals surface area contributed by atoms with Crippen molar-refractivity contribution in [3.8, 4) is 0 Å². The first-order chi connectivity index (χ1) is 11.8. The maximum atomic E-state index is 4.17. The quantitative estimate of drug-likeness (QED) is 0.472. The predicted molar refractivity (Wildman–Crippen MR) is 102 cm³/mol. The Bertz CT molecular complexity index is 924.